The molecule has 5 nitrogen and oxygen atoms in total. The molecule has 0 aliphatic rings. The summed E-state index contributed by atoms with van der Waals surface area (Å²) in [5.74, 6) is 0. The zero-order valence-electron chi connectivity index (χ0n) is 12.1. The second-order valence-corrected chi connectivity index (χ2v) is 6.50. The molecule has 1 aromatic carbocycles. The predicted octanol–water partition coefficient (Wildman–Crippen LogP) is 2.43. The van der Waals surface area contributed by atoms with Crippen molar-refractivity contribution in [1.82, 2.24) is 4.31 Å². The second kappa shape index (κ2) is 7.27. The van der Waals surface area contributed by atoms with Gasteiger partial charge in [-0.2, -0.15) is 9.57 Å². The smallest absolute Gasteiger partial charge is 0.245 e. The van der Waals surface area contributed by atoms with Crippen molar-refractivity contribution in [2.75, 3.05) is 18.4 Å². The van der Waals surface area contributed by atoms with Gasteiger partial charge in [-0.1, -0.05) is 12.1 Å². The Balaban J connectivity index is 3.23. The van der Waals surface area contributed by atoms with E-state index < -0.39 is 10.0 Å². The molecule has 0 aromatic heterocycles. The minimum atomic E-state index is -3.61. The van der Waals surface area contributed by atoms with Crippen molar-refractivity contribution in [3.05, 3.63) is 24.3 Å². The fourth-order valence-electron chi connectivity index (χ4n) is 1.97. The van der Waals surface area contributed by atoms with Crippen LogP contribution in [0, 0.1) is 11.3 Å². The van der Waals surface area contributed by atoms with Crippen LogP contribution >= 0.6 is 0 Å². The van der Waals surface area contributed by atoms with Gasteiger partial charge in [-0.15, -0.1) is 0 Å². The lowest BCUT2D eigenvalue weighted by Gasteiger charge is -2.26. The molecule has 0 saturated heterocycles. The van der Waals surface area contributed by atoms with Gasteiger partial charge in [-0.05, 0) is 32.9 Å². The summed E-state index contributed by atoms with van der Waals surface area (Å²) in [6, 6.07) is 8.65. The van der Waals surface area contributed by atoms with Crippen LogP contribution in [-0.4, -0.2) is 31.9 Å². The summed E-state index contributed by atoms with van der Waals surface area (Å²) in [4.78, 5) is 0.258. The Kier molecular flexibility index (Phi) is 5.99. The molecule has 0 saturated carbocycles. The molecule has 1 rings (SSSR count). The molecule has 110 valence electrons. The highest BCUT2D eigenvalue weighted by atomic mass is 32.2. The van der Waals surface area contributed by atoms with Crippen LogP contribution in [-0.2, 0) is 10.0 Å². The van der Waals surface area contributed by atoms with Crippen LogP contribution in [0.25, 0.3) is 0 Å². The third kappa shape index (κ3) is 3.71. The van der Waals surface area contributed by atoms with Crippen LogP contribution in [0.1, 0.15) is 27.2 Å². The van der Waals surface area contributed by atoms with E-state index in [1.165, 1.54) is 4.31 Å². The molecule has 0 amide bonds. The molecule has 0 fully saturated rings. The molecule has 0 heterocycles. The first kappa shape index (κ1) is 16.5. The highest BCUT2D eigenvalue weighted by Crippen LogP contribution is 2.25. The highest BCUT2D eigenvalue weighted by molar-refractivity contribution is 7.89. The molecule has 0 aliphatic heterocycles. The number of para-hydroxylation sites is 1. The summed E-state index contributed by atoms with van der Waals surface area (Å²) in [5, 5.41) is 11.7. The van der Waals surface area contributed by atoms with Gasteiger partial charge < -0.3 is 5.32 Å². The lowest BCUT2D eigenvalue weighted by Crippen LogP contribution is -2.37. The Morgan fingerprint density at radius 1 is 1.35 bits per heavy atom. The molecule has 0 aliphatic carbocycles. The second-order valence-electron chi connectivity index (χ2n) is 4.64. The molecule has 1 N–H and O–H groups in total. The molecular weight excluding hydrogens is 274 g/mol. The van der Waals surface area contributed by atoms with E-state index in [-0.39, 0.29) is 23.9 Å². The number of nitrogens with zero attached hydrogens (tertiary/aromatic N) is 2. The standard InChI is InChI=1S/C14H21N3O2S/c1-4-16-13-8-5-6-9-14(13)20(18,19)17(12(2)3)11-7-10-15/h5-6,8-9,12,16H,4,7,11H2,1-3H3. The number of rotatable bonds is 7. The normalized spacial score (nSPS) is 11.6. The van der Waals surface area contributed by atoms with E-state index in [1.807, 2.05) is 26.8 Å². The average Bonchev–Trinajstić information content (AvgIpc) is 2.39. The Morgan fingerprint density at radius 2 is 2.00 bits per heavy atom. The van der Waals surface area contributed by atoms with E-state index in [9.17, 15) is 8.42 Å². The number of hydrogen-bond acceptors (Lipinski definition) is 4. The van der Waals surface area contributed by atoms with Crippen molar-refractivity contribution >= 4 is 15.7 Å². The fraction of sp³-hybridized carbons (Fsp3) is 0.500. The topological polar surface area (TPSA) is 73.2 Å². The monoisotopic (exact) mass is 295 g/mol. The third-order valence-electron chi connectivity index (χ3n) is 2.86. The predicted molar refractivity (Wildman–Crippen MR) is 79.9 cm³/mol. The summed E-state index contributed by atoms with van der Waals surface area (Å²) >= 11 is 0. The minimum Gasteiger partial charge on any atom is -0.384 e. The van der Waals surface area contributed by atoms with Crippen molar-refractivity contribution in [2.24, 2.45) is 0 Å². The maximum atomic E-state index is 12.8. The van der Waals surface area contributed by atoms with Gasteiger partial charge in [0.2, 0.25) is 10.0 Å². The number of anilines is 1. The molecular formula is C14H21N3O2S. The van der Waals surface area contributed by atoms with Gasteiger partial charge in [0.1, 0.15) is 4.90 Å². The molecule has 0 spiro atoms. The quantitative estimate of drug-likeness (QED) is 0.838. The van der Waals surface area contributed by atoms with Crippen LogP contribution in [0.15, 0.2) is 29.2 Å². The Bertz CT molecular complexity index is 576. The van der Waals surface area contributed by atoms with E-state index in [4.69, 9.17) is 5.26 Å². The van der Waals surface area contributed by atoms with Crippen LogP contribution in [0.5, 0.6) is 0 Å². The molecule has 1 aromatic rings. The maximum absolute atomic E-state index is 12.8. The first-order valence-corrected chi connectivity index (χ1v) is 8.10. The molecule has 0 bridgehead atoms. The number of hydrogen-bond donors (Lipinski definition) is 1. The fourth-order valence-corrected chi connectivity index (χ4v) is 3.78. The summed E-state index contributed by atoms with van der Waals surface area (Å²) in [6.45, 7) is 6.39. The van der Waals surface area contributed by atoms with E-state index in [0.717, 1.165) is 0 Å². The summed E-state index contributed by atoms with van der Waals surface area (Å²) in [5.41, 5.74) is 0.595. The van der Waals surface area contributed by atoms with Crippen LogP contribution in [0.4, 0.5) is 5.69 Å². The first-order chi connectivity index (χ1) is 9.45. The van der Waals surface area contributed by atoms with Gasteiger partial charge >= 0.3 is 0 Å². The number of nitrogens with one attached hydrogen (secondary N) is 1. The average molecular weight is 295 g/mol. The van der Waals surface area contributed by atoms with Crippen molar-refractivity contribution < 1.29 is 8.42 Å². The van der Waals surface area contributed by atoms with E-state index in [1.54, 1.807) is 24.3 Å². The lowest BCUT2D eigenvalue weighted by atomic mass is 10.3. The van der Waals surface area contributed by atoms with Crippen molar-refractivity contribution in [3.63, 3.8) is 0 Å². The summed E-state index contributed by atoms with van der Waals surface area (Å²) in [6.07, 6.45) is 0.181. The van der Waals surface area contributed by atoms with Gasteiger partial charge in [0.15, 0.2) is 0 Å². The number of sulfonamides is 1. The van der Waals surface area contributed by atoms with Crippen LogP contribution in [0.3, 0.4) is 0 Å². The van der Waals surface area contributed by atoms with E-state index in [2.05, 4.69) is 5.32 Å². The largest absolute Gasteiger partial charge is 0.384 e. The van der Waals surface area contributed by atoms with Gasteiger partial charge in [0.25, 0.3) is 0 Å². The molecule has 0 radical (unpaired) electrons. The molecule has 6 heteroatoms. The maximum Gasteiger partial charge on any atom is 0.245 e. The third-order valence-corrected chi connectivity index (χ3v) is 4.99. The van der Waals surface area contributed by atoms with Crippen LogP contribution < -0.4 is 5.32 Å². The Labute approximate surface area is 121 Å². The zero-order valence-corrected chi connectivity index (χ0v) is 12.9. The van der Waals surface area contributed by atoms with E-state index in [0.29, 0.717) is 12.2 Å². The van der Waals surface area contributed by atoms with Crippen molar-refractivity contribution in [2.45, 2.75) is 38.1 Å². The Hall–Kier alpha value is -1.58. The molecule has 20 heavy (non-hydrogen) atoms. The van der Waals surface area contributed by atoms with Gasteiger partial charge in [-0.3, -0.25) is 0 Å². The summed E-state index contributed by atoms with van der Waals surface area (Å²) in [7, 11) is -3.61. The van der Waals surface area contributed by atoms with Crippen molar-refractivity contribution in [1.29, 1.82) is 5.26 Å². The Morgan fingerprint density at radius 3 is 2.55 bits per heavy atom. The lowest BCUT2D eigenvalue weighted by molar-refractivity contribution is 0.360. The number of nitriles is 1. The van der Waals surface area contributed by atoms with E-state index >= 15 is 0 Å². The van der Waals surface area contributed by atoms with Crippen LogP contribution in [0.2, 0.25) is 0 Å². The highest BCUT2D eigenvalue weighted by Gasteiger charge is 2.28. The first-order valence-electron chi connectivity index (χ1n) is 6.66. The molecule has 0 atom stereocenters. The minimum absolute atomic E-state index is 0.181. The number of benzene rings is 1. The van der Waals surface area contributed by atoms with Gasteiger partial charge in [-0.25, -0.2) is 8.42 Å². The van der Waals surface area contributed by atoms with Crippen molar-refractivity contribution in [3.8, 4) is 6.07 Å². The SMILES string of the molecule is CCNc1ccccc1S(=O)(=O)N(CCC#N)C(C)C. The summed E-state index contributed by atoms with van der Waals surface area (Å²) < 4.78 is 26.9. The molecule has 0 unspecified atom stereocenters. The zero-order chi connectivity index (χ0) is 15.2. The van der Waals surface area contributed by atoms with Gasteiger partial charge in [0.05, 0.1) is 11.8 Å². The van der Waals surface area contributed by atoms with Gasteiger partial charge in [0, 0.05) is 25.6 Å².